The molecule has 1 aromatic heterocycles. The van der Waals surface area contributed by atoms with E-state index in [1.807, 2.05) is 18.5 Å². The van der Waals surface area contributed by atoms with E-state index in [0.717, 1.165) is 43.0 Å². The van der Waals surface area contributed by atoms with Crippen molar-refractivity contribution >= 4 is 29.9 Å². The van der Waals surface area contributed by atoms with Gasteiger partial charge in [-0.3, -0.25) is 4.90 Å². The van der Waals surface area contributed by atoms with Crippen LogP contribution in [0.2, 0.25) is 0 Å². The first kappa shape index (κ1) is 26.1. The highest BCUT2D eigenvalue weighted by atomic mass is 127. The van der Waals surface area contributed by atoms with Crippen molar-refractivity contribution in [1.82, 2.24) is 30.3 Å². The maximum Gasteiger partial charge on any atom is 0.191 e. The maximum absolute atomic E-state index is 4.82. The Bertz CT molecular complexity index is 614. The smallest absolute Gasteiger partial charge is 0.191 e. The number of aryl methyl sites for hydroxylation is 1. The number of hydrogen-bond donors (Lipinski definition) is 2. The van der Waals surface area contributed by atoms with E-state index in [0.29, 0.717) is 18.6 Å². The van der Waals surface area contributed by atoms with E-state index in [4.69, 9.17) is 4.99 Å². The summed E-state index contributed by atoms with van der Waals surface area (Å²) in [5.41, 5.74) is 0. The third-order valence-corrected chi connectivity index (χ3v) is 5.77. The Balaban J connectivity index is 0.00000420. The van der Waals surface area contributed by atoms with Gasteiger partial charge < -0.3 is 15.2 Å². The summed E-state index contributed by atoms with van der Waals surface area (Å²) < 4.78 is 2.00. The molecule has 8 heteroatoms. The Morgan fingerprint density at radius 2 is 2.00 bits per heavy atom. The average Bonchev–Trinajstić information content (AvgIpc) is 3.24. The standard InChI is InChI=1S/C21H41N7.HI/c1-7-28-13-9-12-19(28)14-22-21(24-17(4)11-8-10-16(2)3)23-15-20-26-25-18(5)27(20)6;/h16-17,19H,7-15H2,1-6H3,(H2,22,23,24);1H. The molecule has 2 heterocycles. The lowest BCUT2D eigenvalue weighted by Crippen LogP contribution is -2.47. The van der Waals surface area contributed by atoms with Gasteiger partial charge in [0.1, 0.15) is 12.4 Å². The fourth-order valence-corrected chi connectivity index (χ4v) is 3.79. The number of aliphatic imine (C=N–C) groups is 1. The van der Waals surface area contributed by atoms with Crippen LogP contribution >= 0.6 is 24.0 Å². The molecule has 0 aromatic carbocycles. The van der Waals surface area contributed by atoms with Crippen LogP contribution in [0.4, 0.5) is 0 Å². The summed E-state index contributed by atoms with van der Waals surface area (Å²) in [6.45, 7) is 14.9. The number of rotatable bonds is 10. The normalized spacial score (nSPS) is 18.7. The van der Waals surface area contributed by atoms with Crippen LogP contribution in [0.25, 0.3) is 0 Å². The number of halogens is 1. The monoisotopic (exact) mass is 519 g/mol. The van der Waals surface area contributed by atoms with Crippen LogP contribution in [0.3, 0.4) is 0 Å². The second kappa shape index (κ2) is 13.4. The third-order valence-electron chi connectivity index (χ3n) is 5.77. The lowest BCUT2D eigenvalue weighted by molar-refractivity contribution is 0.266. The van der Waals surface area contributed by atoms with Gasteiger partial charge in [-0.05, 0) is 52.1 Å². The third kappa shape index (κ3) is 8.78. The lowest BCUT2D eigenvalue weighted by Gasteiger charge is -2.25. The number of likely N-dealkylation sites (N-methyl/N-ethyl adjacent to an activating group) is 1. The molecule has 0 aliphatic carbocycles. The van der Waals surface area contributed by atoms with Crippen LogP contribution in [0, 0.1) is 12.8 Å². The first-order chi connectivity index (χ1) is 13.4. The molecule has 29 heavy (non-hydrogen) atoms. The molecular weight excluding hydrogens is 477 g/mol. The SMILES string of the molecule is CCN1CCCC1CNC(=NCc1nnc(C)n1C)NC(C)CCCC(C)C.I. The molecule has 1 aliphatic rings. The quantitative estimate of drug-likeness (QED) is 0.282. The highest BCUT2D eigenvalue weighted by Gasteiger charge is 2.23. The van der Waals surface area contributed by atoms with Gasteiger partial charge in [-0.15, -0.1) is 34.2 Å². The second-order valence-corrected chi connectivity index (χ2v) is 8.56. The molecular formula is C21H42IN7. The molecule has 1 aromatic rings. The minimum absolute atomic E-state index is 0. The molecule has 0 amide bonds. The Labute approximate surface area is 194 Å². The van der Waals surface area contributed by atoms with Gasteiger partial charge in [-0.1, -0.05) is 33.6 Å². The predicted octanol–water partition coefficient (Wildman–Crippen LogP) is 3.48. The first-order valence-electron chi connectivity index (χ1n) is 11.0. The fraction of sp³-hybridized carbons (Fsp3) is 0.857. The Hall–Kier alpha value is -0.900. The average molecular weight is 520 g/mol. The molecule has 0 saturated carbocycles. The summed E-state index contributed by atoms with van der Waals surface area (Å²) >= 11 is 0. The number of nitrogens with one attached hydrogen (secondary N) is 2. The van der Waals surface area contributed by atoms with Gasteiger partial charge in [-0.2, -0.15) is 0 Å². The van der Waals surface area contributed by atoms with Crippen LogP contribution in [0.15, 0.2) is 4.99 Å². The minimum Gasteiger partial charge on any atom is -0.355 e. The lowest BCUT2D eigenvalue weighted by atomic mass is 10.0. The van der Waals surface area contributed by atoms with Gasteiger partial charge in [0, 0.05) is 25.7 Å². The highest BCUT2D eigenvalue weighted by molar-refractivity contribution is 14.0. The molecule has 168 valence electrons. The van der Waals surface area contributed by atoms with E-state index in [2.05, 4.69) is 53.4 Å². The van der Waals surface area contributed by atoms with Crippen molar-refractivity contribution in [1.29, 1.82) is 0 Å². The zero-order chi connectivity index (χ0) is 20.5. The Kier molecular flexibility index (Phi) is 12.1. The molecule has 2 rings (SSSR count). The number of guanidine groups is 1. The molecule has 1 saturated heterocycles. The summed E-state index contributed by atoms with van der Waals surface area (Å²) in [4.78, 5) is 7.37. The molecule has 2 atom stereocenters. The first-order valence-corrected chi connectivity index (χ1v) is 11.0. The molecule has 7 nitrogen and oxygen atoms in total. The second-order valence-electron chi connectivity index (χ2n) is 8.56. The van der Waals surface area contributed by atoms with Crippen molar-refractivity contribution in [3.63, 3.8) is 0 Å². The maximum atomic E-state index is 4.82. The van der Waals surface area contributed by atoms with Crippen molar-refractivity contribution in [3.8, 4) is 0 Å². The van der Waals surface area contributed by atoms with Gasteiger partial charge in [-0.25, -0.2) is 4.99 Å². The Morgan fingerprint density at radius 3 is 2.62 bits per heavy atom. The van der Waals surface area contributed by atoms with Gasteiger partial charge in [0.15, 0.2) is 11.8 Å². The van der Waals surface area contributed by atoms with Crippen LogP contribution < -0.4 is 10.6 Å². The summed E-state index contributed by atoms with van der Waals surface area (Å²) in [5.74, 6) is 3.46. The van der Waals surface area contributed by atoms with Crippen molar-refractivity contribution < 1.29 is 0 Å². The van der Waals surface area contributed by atoms with E-state index in [9.17, 15) is 0 Å². The number of hydrogen-bond acceptors (Lipinski definition) is 4. The molecule has 1 fully saturated rings. The zero-order valence-corrected chi connectivity index (χ0v) is 21.6. The molecule has 0 radical (unpaired) electrons. The Morgan fingerprint density at radius 1 is 1.24 bits per heavy atom. The minimum atomic E-state index is 0. The van der Waals surface area contributed by atoms with Crippen molar-refractivity contribution in [2.24, 2.45) is 18.0 Å². The van der Waals surface area contributed by atoms with Crippen LogP contribution in [0.1, 0.15) is 71.4 Å². The van der Waals surface area contributed by atoms with Crippen molar-refractivity contribution in [2.45, 2.75) is 85.4 Å². The molecule has 2 N–H and O–H groups in total. The summed E-state index contributed by atoms with van der Waals surface area (Å²) in [7, 11) is 1.99. The predicted molar refractivity (Wildman–Crippen MR) is 132 cm³/mol. The van der Waals surface area contributed by atoms with Crippen molar-refractivity contribution in [3.05, 3.63) is 11.6 Å². The van der Waals surface area contributed by atoms with E-state index >= 15 is 0 Å². The van der Waals surface area contributed by atoms with E-state index in [1.165, 1.54) is 32.2 Å². The zero-order valence-electron chi connectivity index (χ0n) is 19.2. The van der Waals surface area contributed by atoms with E-state index < -0.39 is 0 Å². The van der Waals surface area contributed by atoms with Crippen LogP contribution in [-0.2, 0) is 13.6 Å². The van der Waals surface area contributed by atoms with Gasteiger partial charge in [0.05, 0.1) is 0 Å². The van der Waals surface area contributed by atoms with E-state index in [1.54, 1.807) is 0 Å². The topological polar surface area (TPSA) is 70.4 Å². The summed E-state index contributed by atoms with van der Waals surface area (Å²) in [6.07, 6.45) is 6.24. The van der Waals surface area contributed by atoms with Gasteiger partial charge >= 0.3 is 0 Å². The number of nitrogens with zero attached hydrogens (tertiary/aromatic N) is 5. The molecule has 1 aliphatic heterocycles. The number of aromatic nitrogens is 3. The van der Waals surface area contributed by atoms with Gasteiger partial charge in [0.2, 0.25) is 0 Å². The summed E-state index contributed by atoms with van der Waals surface area (Å²) in [5, 5.41) is 15.6. The fourth-order valence-electron chi connectivity index (χ4n) is 3.79. The molecule has 0 bridgehead atoms. The number of likely N-dealkylation sites (tertiary alicyclic amines) is 1. The van der Waals surface area contributed by atoms with E-state index in [-0.39, 0.29) is 24.0 Å². The van der Waals surface area contributed by atoms with Crippen molar-refractivity contribution in [2.75, 3.05) is 19.6 Å². The largest absolute Gasteiger partial charge is 0.355 e. The molecule has 2 unspecified atom stereocenters. The van der Waals surface area contributed by atoms with Gasteiger partial charge in [0.25, 0.3) is 0 Å². The van der Waals surface area contributed by atoms with Crippen LogP contribution in [-0.4, -0.2) is 57.3 Å². The van der Waals surface area contributed by atoms with Crippen LogP contribution in [0.5, 0.6) is 0 Å². The highest BCUT2D eigenvalue weighted by Crippen LogP contribution is 2.15. The summed E-state index contributed by atoms with van der Waals surface area (Å²) in [6, 6.07) is 1.00. The molecule has 0 spiro atoms.